The molecule has 6 heteroatoms. The van der Waals surface area contributed by atoms with Crippen LogP contribution in [0.2, 0.25) is 0 Å². The predicted molar refractivity (Wildman–Crippen MR) is 91.8 cm³/mol. The lowest BCUT2D eigenvalue weighted by Gasteiger charge is -2.02. The molecule has 3 rings (SSSR count). The van der Waals surface area contributed by atoms with Crippen molar-refractivity contribution < 1.29 is 9.90 Å². The normalized spacial score (nSPS) is 11.0. The Bertz CT molecular complexity index is 852. The Morgan fingerprint density at radius 1 is 1.00 bits per heavy atom. The van der Waals surface area contributed by atoms with Crippen LogP contribution in [0.1, 0.15) is 21.7 Å². The Balaban J connectivity index is 1.79. The van der Waals surface area contributed by atoms with Crippen LogP contribution in [0, 0.1) is 0 Å². The molecule has 2 N–H and O–H groups in total. The number of aromatic amines is 1. The molecule has 23 heavy (non-hydrogen) atoms. The Labute approximate surface area is 140 Å². The lowest BCUT2D eigenvalue weighted by atomic mass is 10.0. The minimum Gasteiger partial charge on any atom is -0.476 e. The lowest BCUT2D eigenvalue weighted by molar-refractivity contribution is 0.0690. The highest BCUT2D eigenvalue weighted by atomic mass is 79.9. The molecular formula is C17H12BrN3O2. The van der Waals surface area contributed by atoms with E-state index in [9.17, 15) is 4.79 Å². The maximum absolute atomic E-state index is 11.0. The van der Waals surface area contributed by atoms with Gasteiger partial charge in [0.1, 0.15) is 0 Å². The molecule has 0 aliphatic carbocycles. The smallest absolute Gasteiger partial charge is 0.358 e. The standard InChI is InChI=1S/C17H12BrN3O2/c18-14-8-6-13(7-9-14)12-4-1-11(2-5-12)3-10-15-16(17(22)23)20-21-19-15/h1-10H,(H,22,23)(H,19,20,21). The number of hydrogen-bond acceptors (Lipinski definition) is 3. The van der Waals surface area contributed by atoms with Gasteiger partial charge in [-0.3, -0.25) is 5.10 Å². The van der Waals surface area contributed by atoms with E-state index in [2.05, 4.69) is 31.3 Å². The van der Waals surface area contributed by atoms with E-state index < -0.39 is 5.97 Å². The van der Waals surface area contributed by atoms with Crippen molar-refractivity contribution in [1.29, 1.82) is 0 Å². The summed E-state index contributed by atoms with van der Waals surface area (Å²) in [6, 6.07) is 16.1. The van der Waals surface area contributed by atoms with Crippen molar-refractivity contribution in [3.63, 3.8) is 0 Å². The molecule has 2 aromatic carbocycles. The molecule has 0 aliphatic heterocycles. The number of carbonyl (C=O) groups is 1. The first-order chi connectivity index (χ1) is 11.1. The van der Waals surface area contributed by atoms with Gasteiger partial charge >= 0.3 is 5.97 Å². The highest BCUT2D eigenvalue weighted by Gasteiger charge is 2.11. The fourth-order valence-electron chi connectivity index (χ4n) is 2.12. The molecular weight excluding hydrogens is 358 g/mol. The molecule has 0 fully saturated rings. The fraction of sp³-hybridized carbons (Fsp3) is 0. The van der Waals surface area contributed by atoms with Gasteiger partial charge in [0.2, 0.25) is 0 Å². The second-order valence-electron chi connectivity index (χ2n) is 4.84. The first-order valence-electron chi connectivity index (χ1n) is 6.82. The number of carboxylic acid groups (broad SMARTS) is 1. The number of hydrogen-bond donors (Lipinski definition) is 2. The first kappa shape index (κ1) is 15.2. The van der Waals surface area contributed by atoms with Crippen LogP contribution in [-0.2, 0) is 0 Å². The quantitative estimate of drug-likeness (QED) is 0.725. The molecule has 1 aromatic heterocycles. The van der Waals surface area contributed by atoms with Gasteiger partial charge in [-0.1, -0.05) is 63.6 Å². The molecule has 5 nitrogen and oxygen atoms in total. The summed E-state index contributed by atoms with van der Waals surface area (Å²) < 4.78 is 1.04. The van der Waals surface area contributed by atoms with Crippen LogP contribution in [0.3, 0.4) is 0 Å². The molecule has 0 atom stereocenters. The molecule has 0 radical (unpaired) electrons. The van der Waals surface area contributed by atoms with Crippen molar-refractivity contribution in [3.05, 3.63) is 70.0 Å². The number of benzene rings is 2. The third kappa shape index (κ3) is 3.54. The zero-order valence-corrected chi connectivity index (χ0v) is 13.5. The van der Waals surface area contributed by atoms with Gasteiger partial charge in [0.15, 0.2) is 5.69 Å². The summed E-state index contributed by atoms with van der Waals surface area (Å²) in [5, 5.41) is 18.6. The van der Waals surface area contributed by atoms with Crippen LogP contribution >= 0.6 is 15.9 Å². The zero-order chi connectivity index (χ0) is 16.2. The van der Waals surface area contributed by atoms with E-state index in [0.717, 1.165) is 21.2 Å². The highest BCUT2D eigenvalue weighted by molar-refractivity contribution is 9.10. The van der Waals surface area contributed by atoms with Gasteiger partial charge < -0.3 is 5.11 Å². The SMILES string of the molecule is O=C(O)c1nn[nH]c1C=Cc1ccc(-c2ccc(Br)cc2)cc1. The van der Waals surface area contributed by atoms with Crippen molar-refractivity contribution in [2.45, 2.75) is 0 Å². The van der Waals surface area contributed by atoms with E-state index in [4.69, 9.17) is 5.11 Å². The highest BCUT2D eigenvalue weighted by Crippen LogP contribution is 2.22. The molecule has 0 aliphatic rings. The third-order valence-corrected chi connectivity index (χ3v) is 3.84. The monoisotopic (exact) mass is 369 g/mol. The molecule has 0 amide bonds. The summed E-state index contributed by atoms with van der Waals surface area (Å²) in [7, 11) is 0. The maximum Gasteiger partial charge on any atom is 0.358 e. The summed E-state index contributed by atoms with van der Waals surface area (Å²) in [5.41, 5.74) is 3.48. The van der Waals surface area contributed by atoms with Crippen molar-refractivity contribution in [2.75, 3.05) is 0 Å². The van der Waals surface area contributed by atoms with Gasteiger partial charge in [-0.15, -0.1) is 5.10 Å². The van der Waals surface area contributed by atoms with Crippen LogP contribution in [0.15, 0.2) is 53.0 Å². The van der Waals surface area contributed by atoms with Gasteiger partial charge in [0.25, 0.3) is 0 Å². The summed E-state index contributed by atoms with van der Waals surface area (Å²) in [5.74, 6) is -1.11. The number of rotatable bonds is 4. The van der Waals surface area contributed by atoms with E-state index in [0.29, 0.717) is 5.69 Å². The number of nitrogens with zero attached hydrogens (tertiary/aromatic N) is 2. The number of aromatic nitrogens is 3. The zero-order valence-electron chi connectivity index (χ0n) is 11.9. The molecule has 114 valence electrons. The van der Waals surface area contributed by atoms with E-state index >= 15 is 0 Å². The van der Waals surface area contributed by atoms with Crippen LogP contribution in [0.5, 0.6) is 0 Å². The Morgan fingerprint density at radius 2 is 1.61 bits per heavy atom. The largest absolute Gasteiger partial charge is 0.476 e. The van der Waals surface area contributed by atoms with Crippen molar-refractivity contribution in [2.24, 2.45) is 0 Å². The molecule has 3 aromatic rings. The number of halogens is 1. The van der Waals surface area contributed by atoms with Gasteiger partial charge in [-0.2, -0.15) is 0 Å². The van der Waals surface area contributed by atoms with Gasteiger partial charge in [-0.25, -0.2) is 4.79 Å². The van der Waals surface area contributed by atoms with E-state index in [1.165, 1.54) is 0 Å². The van der Waals surface area contributed by atoms with Gasteiger partial charge in [-0.05, 0) is 34.9 Å². The van der Waals surface area contributed by atoms with E-state index in [1.54, 1.807) is 6.08 Å². The second-order valence-corrected chi connectivity index (χ2v) is 5.76. The Morgan fingerprint density at radius 3 is 2.22 bits per heavy atom. The number of nitrogens with one attached hydrogen (secondary N) is 1. The molecule has 0 saturated heterocycles. The van der Waals surface area contributed by atoms with Crippen molar-refractivity contribution >= 4 is 34.1 Å². The van der Waals surface area contributed by atoms with E-state index in [-0.39, 0.29) is 5.69 Å². The van der Waals surface area contributed by atoms with Gasteiger partial charge in [0.05, 0.1) is 5.69 Å². The van der Waals surface area contributed by atoms with Crippen LogP contribution < -0.4 is 0 Å². The number of H-pyrrole nitrogens is 1. The number of carboxylic acids is 1. The molecule has 0 bridgehead atoms. The summed E-state index contributed by atoms with van der Waals surface area (Å²) in [4.78, 5) is 11.0. The Kier molecular flexibility index (Phi) is 4.34. The Hall–Kier alpha value is -2.73. The topological polar surface area (TPSA) is 78.9 Å². The minimum absolute atomic E-state index is 0.0901. The van der Waals surface area contributed by atoms with Crippen molar-refractivity contribution in [1.82, 2.24) is 15.4 Å². The van der Waals surface area contributed by atoms with E-state index in [1.807, 2.05) is 54.6 Å². The first-order valence-corrected chi connectivity index (χ1v) is 7.61. The maximum atomic E-state index is 11.0. The average Bonchev–Trinajstić information content (AvgIpc) is 3.03. The lowest BCUT2D eigenvalue weighted by Crippen LogP contribution is -1.98. The van der Waals surface area contributed by atoms with Crippen LogP contribution in [0.4, 0.5) is 0 Å². The van der Waals surface area contributed by atoms with Gasteiger partial charge in [0, 0.05) is 4.47 Å². The number of aromatic carboxylic acids is 1. The second kappa shape index (κ2) is 6.58. The summed E-state index contributed by atoms with van der Waals surface area (Å²) >= 11 is 3.42. The van der Waals surface area contributed by atoms with Crippen molar-refractivity contribution in [3.8, 4) is 11.1 Å². The predicted octanol–water partition coefficient (Wildman–Crippen LogP) is 4.10. The molecule has 0 unspecified atom stereocenters. The average molecular weight is 370 g/mol. The fourth-order valence-corrected chi connectivity index (χ4v) is 2.38. The van der Waals surface area contributed by atoms with Crippen LogP contribution in [0.25, 0.3) is 23.3 Å². The molecule has 1 heterocycles. The summed E-state index contributed by atoms with van der Waals surface area (Å²) in [6.45, 7) is 0. The van der Waals surface area contributed by atoms with Crippen LogP contribution in [-0.4, -0.2) is 26.5 Å². The third-order valence-electron chi connectivity index (χ3n) is 3.31. The summed E-state index contributed by atoms with van der Waals surface area (Å²) in [6.07, 6.45) is 3.46. The molecule has 0 saturated carbocycles. The molecule has 0 spiro atoms. The minimum atomic E-state index is -1.11.